The van der Waals surface area contributed by atoms with E-state index in [1.807, 2.05) is 0 Å². The van der Waals surface area contributed by atoms with Crippen LogP contribution < -0.4 is 9.47 Å². The molecule has 0 spiro atoms. The molecule has 2 aromatic heterocycles. The Morgan fingerprint density at radius 1 is 0.818 bits per heavy atom. The predicted molar refractivity (Wildman–Crippen MR) is 188 cm³/mol. The molecule has 55 heavy (non-hydrogen) atoms. The molecule has 12 nitrogen and oxygen atoms in total. The third-order valence-corrected chi connectivity index (χ3v) is 7.52. The van der Waals surface area contributed by atoms with Gasteiger partial charge in [0.2, 0.25) is 18.4 Å². The average molecular weight is 780 g/mol. The van der Waals surface area contributed by atoms with E-state index in [9.17, 15) is 36.3 Å². The molecule has 2 aromatic carbocycles. The zero-order valence-electron chi connectivity index (χ0n) is 31.2. The number of amides is 1. The minimum Gasteiger partial charge on any atom is -0.475 e. The Labute approximate surface area is 313 Å². The highest BCUT2D eigenvalue weighted by atomic mass is 19.4. The van der Waals surface area contributed by atoms with Gasteiger partial charge in [-0.15, -0.1) is 13.2 Å². The number of halogens is 5. The van der Waals surface area contributed by atoms with Crippen molar-refractivity contribution in [1.82, 2.24) is 14.9 Å². The number of fused-ring (bicyclic) bond motifs is 3. The second kappa shape index (κ2) is 17.9. The third kappa shape index (κ3) is 12.6. The van der Waals surface area contributed by atoms with Gasteiger partial charge >= 0.3 is 24.4 Å². The monoisotopic (exact) mass is 779 g/mol. The van der Waals surface area contributed by atoms with Gasteiger partial charge in [0.15, 0.2) is 11.6 Å². The molecule has 298 valence electrons. The van der Waals surface area contributed by atoms with Crippen molar-refractivity contribution in [3.05, 3.63) is 71.6 Å². The zero-order valence-corrected chi connectivity index (χ0v) is 31.2. The van der Waals surface area contributed by atoms with Gasteiger partial charge in [0.05, 0.1) is 23.1 Å². The minimum absolute atomic E-state index is 0.0808. The van der Waals surface area contributed by atoms with Crippen molar-refractivity contribution >= 4 is 39.7 Å². The van der Waals surface area contributed by atoms with Crippen LogP contribution in [0.2, 0.25) is 0 Å². The summed E-state index contributed by atoms with van der Waals surface area (Å²) in [5.74, 6) is -5.69. The van der Waals surface area contributed by atoms with Crippen LogP contribution in [0.1, 0.15) is 70.3 Å². The highest BCUT2D eigenvalue weighted by Gasteiger charge is 2.34. The lowest BCUT2D eigenvalue weighted by molar-refractivity contribution is -0.276. The summed E-state index contributed by atoms with van der Waals surface area (Å²) >= 11 is 0. The van der Waals surface area contributed by atoms with Crippen LogP contribution in [-0.4, -0.2) is 78.0 Å². The van der Waals surface area contributed by atoms with Gasteiger partial charge in [-0.25, -0.2) is 23.4 Å². The molecule has 0 atom stereocenters. The van der Waals surface area contributed by atoms with E-state index >= 15 is 0 Å². The number of carbonyl (C=O) groups is 3. The fourth-order valence-electron chi connectivity index (χ4n) is 5.00. The van der Waals surface area contributed by atoms with Crippen molar-refractivity contribution in [2.24, 2.45) is 5.41 Å². The molecule has 0 aliphatic carbocycles. The van der Waals surface area contributed by atoms with Crippen molar-refractivity contribution in [1.29, 1.82) is 0 Å². The Bertz CT molecular complexity index is 1970. The summed E-state index contributed by atoms with van der Waals surface area (Å²) in [5.41, 5.74) is -1.13. The van der Waals surface area contributed by atoms with Gasteiger partial charge in [-0.1, -0.05) is 6.07 Å². The molecule has 0 aliphatic heterocycles. The molecule has 0 unspecified atom stereocenters. The number of hydrogen-bond acceptors (Lipinski definition) is 11. The summed E-state index contributed by atoms with van der Waals surface area (Å²) in [7, 11) is 0. The fraction of sp³-hybridized carbons (Fsp3) is 0.447. The van der Waals surface area contributed by atoms with E-state index in [0.717, 1.165) is 5.39 Å². The van der Waals surface area contributed by atoms with Crippen molar-refractivity contribution in [2.45, 2.75) is 72.9 Å². The number of esters is 2. The molecule has 4 rings (SSSR count). The van der Waals surface area contributed by atoms with Crippen molar-refractivity contribution in [2.75, 3.05) is 33.2 Å². The molecule has 0 saturated carbocycles. The number of pyridine rings is 2. The van der Waals surface area contributed by atoms with Crippen LogP contribution in [0, 0.1) is 17.0 Å². The Morgan fingerprint density at radius 2 is 1.53 bits per heavy atom. The van der Waals surface area contributed by atoms with E-state index in [0.29, 0.717) is 41.3 Å². The highest BCUT2D eigenvalue weighted by molar-refractivity contribution is 6.08. The molecule has 0 fully saturated rings. The molecule has 0 N–H and O–H groups in total. The Morgan fingerprint density at radius 3 is 2.18 bits per heavy atom. The largest absolute Gasteiger partial charge is 0.573 e. The maximum absolute atomic E-state index is 14.3. The van der Waals surface area contributed by atoms with Gasteiger partial charge in [-0.3, -0.25) is 9.78 Å². The lowest BCUT2D eigenvalue weighted by Gasteiger charge is -2.27. The molecule has 4 aromatic rings. The number of alkyl halides is 3. The molecule has 0 saturated heterocycles. The van der Waals surface area contributed by atoms with E-state index in [1.165, 1.54) is 11.0 Å². The van der Waals surface area contributed by atoms with Crippen LogP contribution >= 0.6 is 0 Å². The number of hydrogen-bond donors (Lipinski definition) is 0. The minimum atomic E-state index is -5.30. The molecule has 17 heteroatoms. The first-order chi connectivity index (χ1) is 25.7. The van der Waals surface area contributed by atoms with Crippen LogP contribution in [0.25, 0.3) is 21.7 Å². The smallest absolute Gasteiger partial charge is 0.475 e. The number of carbonyl (C=O) groups excluding carboxylic acids is 3. The summed E-state index contributed by atoms with van der Waals surface area (Å²) in [4.78, 5) is 47.5. The second-order valence-corrected chi connectivity index (χ2v) is 14.3. The van der Waals surface area contributed by atoms with Crippen LogP contribution in [0.3, 0.4) is 0 Å². The molecular formula is C38H42F5N3O9. The number of benzene rings is 2. The van der Waals surface area contributed by atoms with Gasteiger partial charge in [0.25, 0.3) is 0 Å². The standard InChI is InChI=1S/C38H42F5N3O9/c1-36(2,3)34(48)53-22-52-33(47)24-9-10-25-27-20-44-12-11-26(27)32(45-30(25)19-24)51-16-15-50-14-8-7-13-46(35(49)55-37(4,5)6)21-23-17-28(39)31(29(40)18-23)54-38(41,42)43/h9-12,17-20H,7-8,13-16,21-22H2,1-6H3. The Hall–Kier alpha value is -5.32. The lowest BCUT2D eigenvalue weighted by Crippen LogP contribution is -2.37. The predicted octanol–water partition coefficient (Wildman–Crippen LogP) is 8.28. The maximum Gasteiger partial charge on any atom is 0.573 e. The van der Waals surface area contributed by atoms with Gasteiger partial charge in [0, 0.05) is 48.2 Å². The van der Waals surface area contributed by atoms with E-state index in [2.05, 4.69) is 14.7 Å². The van der Waals surface area contributed by atoms with Crippen LogP contribution in [0.15, 0.2) is 48.8 Å². The SMILES string of the molecule is CC(C)(C)OC(=O)N(CCCCOCCOc1nc2cc(C(=O)OCOC(=O)C(C)(C)C)ccc2c2cnccc12)Cc1cc(F)c(OC(F)(F)F)c(F)c1. The molecular weight excluding hydrogens is 737 g/mol. The quantitative estimate of drug-likeness (QED) is 0.0379. The lowest BCUT2D eigenvalue weighted by atomic mass is 9.98. The zero-order chi connectivity index (χ0) is 40.6. The third-order valence-electron chi connectivity index (χ3n) is 7.52. The molecule has 0 bridgehead atoms. The molecule has 0 radical (unpaired) electrons. The Balaban J connectivity index is 1.32. The average Bonchev–Trinajstić information content (AvgIpc) is 3.08. The summed E-state index contributed by atoms with van der Waals surface area (Å²) in [6, 6.07) is 7.88. The normalized spacial score (nSPS) is 12.1. The van der Waals surface area contributed by atoms with E-state index < -0.39 is 59.6 Å². The Kier molecular flexibility index (Phi) is 13.8. The summed E-state index contributed by atoms with van der Waals surface area (Å²) < 4.78 is 97.0. The number of unbranched alkanes of at least 4 members (excludes halogenated alkanes) is 1. The van der Waals surface area contributed by atoms with Crippen molar-refractivity contribution < 1.29 is 64.8 Å². The van der Waals surface area contributed by atoms with Gasteiger partial charge in [0.1, 0.15) is 12.2 Å². The molecule has 0 aliphatic rings. The first kappa shape index (κ1) is 42.4. The van der Waals surface area contributed by atoms with Crippen LogP contribution in [0.4, 0.5) is 26.7 Å². The molecule has 2 heterocycles. The maximum atomic E-state index is 14.3. The van der Waals surface area contributed by atoms with Crippen LogP contribution in [-0.2, 0) is 30.3 Å². The first-order valence-electron chi connectivity index (χ1n) is 17.2. The number of aromatic nitrogens is 2. The van der Waals surface area contributed by atoms with Crippen molar-refractivity contribution in [3.8, 4) is 11.6 Å². The van der Waals surface area contributed by atoms with E-state index in [-0.39, 0.29) is 49.9 Å². The fourth-order valence-corrected chi connectivity index (χ4v) is 5.00. The van der Waals surface area contributed by atoms with E-state index in [4.69, 9.17) is 23.7 Å². The van der Waals surface area contributed by atoms with Gasteiger partial charge < -0.3 is 33.3 Å². The summed E-state index contributed by atoms with van der Waals surface area (Å²) in [6.07, 6.45) is -2.00. The topological polar surface area (TPSA) is 136 Å². The van der Waals surface area contributed by atoms with Gasteiger partial charge in [-0.05, 0) is 90.3 Å². The molecule has 1 amide bonds. The van der Waals surface area contributed by atoms with Crippen LogP contribution in [0.5, 0.6) is 11.6 Å². The van der Waals surface area contributed by atoms with Crippen molar-refractivity contribution in [3.63, 3.8) is 0 Å². The number of ether oxygens (including phenoxy) is 6. The number of nitrogens with zero attached hydrogens (tertiary/aromatic N) is 3. The van der Waals surface area contributed by atoms with Gasteiger partial charge in [-0.2, -0.15) is 0 Å². The number of rotatable bonds is 15. The summed E-state index contributed by atoms with van der Waals surface area (Å²) in [5, 5.41) is 2.12. The van der Waals surface area contributed by atoms with E-state index in [1.54, 1.807) is 72.1 Å². The second-order valence-electron chi connectivity index (χ2n) is 14.3. The first-order valence-corrected chi connectivity index (χ1v) is 17.2. The summed E-state index contributed by atoms with van der Waals surface area (Å²) in [6.45, 7) is 9.66. The highest BCUT2D eigenvalue weighted by Crippen LogP contribution is 2.32.